The molecule has 2 fully saturated rings. The molecule has 0 aliphatic carbocycles. The van der Waals surface area contributed by atoms with E-state index in [4.69, 9.17) is 4.98 Å². The number of pyridine rings is 1. The number of hydrogen-bond acceptors (Lipinski definition) is 4. The summed E-state index contributed by atoms with van der Waals surface area (Å²) < 4.78 is 3.46. The van der Waals surface area contributed by atoms with Crippen molar-refractivity contribution in [2.24, 2.45) is 12.5 Å². The van der Waals surface area contributed by atoms with Crippen LogP contribution in [0.25, 0.3) is 22.4 Å². The normalized spacial score (nSPS) is 20.6. The summed E-state index contributed by atoms with van der Waals surface area (Å²) >= 11 is 0. The van der Waals surface area contributed by atoms with Gasteiger partial charge in [0.2, 0.25) is 0 Å². The molecule has 8 nitrogen and oxygen atoms in total. The average Bonchev–Trinajstić information content (AvgIpc) is 3.43. The Morgan fingerprint density at radius 3 is 2.56 bits per heavy atom. The summed E-state index contributed by atoms with van der Waals surface area (Å²) in [4.78, 5) is 33.2. The highest BCUT2D eigenvalue weighted by Gasteiger charge is 2.45. The van der Waals surface area contributed by atoms with Gasteiger partial charge in [0, 0.05) is 50.9 Å². The van der Waals surface area contributed by atoms with E-state index in [0.29, 0.717) is 18.7 Å². The minimum Gasteiger partial charge on any atom is -0.465 e. The molecule has 0 saturated carbocycles. The van der Waals surface area contributed by atoms with E-state index < -0.39 is 6.09 Å². The van der Waals surface area contributed by atoms with Crippen LogP contribution in [0.4, 0.5) is 4.79 Å². The van der Waals surface area contributed by atoms with Crippen molar-refractivity contribution in [3.8, 4) is 11.3 Å². The first-order chi connectivity index (χ1) is 16.0. The van der Waals surface area contributed by atoms with Gasteiger partial charge in [-0.2, -0.15) is 0 Å². The number of amides is 1. The molecule has 4 heterocycles. The Labute approximate surface area is 199 Å². The number of carbonyl (C=O) groups is 1. The van der Waals surface area contributed by atoms with Crippen LogP contribution in [-0.4, -0.2) is 60.3 Å². The molecular weight excluding hydrogens is 430 g/mol. The quantitative estimate of drug-likeness (QED) is 0.638. The van der Waals surface area contributed by atoms with Gasteiger partial charge in [0.05, 0.1) is 11.2 Å². The topological polar surface area (TPSA) is 83.6 Å². The number of carboxylic acid groups (broad SMARTS) is 1. The molecule has 0 radical (unpaired) electrons. The van der Waals surface area contributed by atoms with E-state index in [-0.39, 0.29) is 23.2 Å². The summed E-state index contributed by atoms with van der Waals surface area (Å²) in [5, 5.41) is 9.35. The molecule has 0 spiro atoms. The molecule has 1 N–H and O–H groups in total. The van der Waals surface area contributed by atoms with E-state index in [1.54, 1.807) is 16.5 Å². The molecule has 2 aliphatic heterocycles. The monoisotopic (exact) mass is 463 g/mol. The third-order valence-electron chi connectivity index (χ3n) is 7.18. The molecule has 2 aliphatic rings. The van der Waals surface area contributed by atoms with Crippen molar-refractivity contribution in [3.05, 3.63) is 51.9 Å². The maximum atomic E-state index is 12.9. The van der Waals surface area contributed by atoms with Gasteiger partial charge in [-0.25, -0.2) is 14.6 Å². The van der Waals surface area contributed by atoms with Gasteiger partial charge in [-0.15, -0.1) is 0 Å². The first-order valence-corrected chi connectivity index (χ1v) is 11.9. The number of benzene rings is 1. The molecule has 2 saturated heterocycles. The minimum atomic E-state index is -0.808. The lowest BCUT2D eigenvalue weighted by atomic mass is 9.97. The van der Waals surface area contributed by atoms with Gasteiger partial charge in [-0.3, -0.25) is 14.0 Å². The van der Waals surface area contributed by atoms with E-state index in [1.807, 2.05) is 16.7 Å². The van der Waals surface area contributed by atoms with Crippen molar-refractivity contribution in [1.29, 1.82) is 0 Å². The average molecular weight is 464 g/mol. The Bertz CT molecular complexity index is 1330. The van der Waals surface area contributed by atoms with Gasteiger partial charge in [-0.1, -0.05) is 32.9 Å². The molecule has 2 bridgehead atoms. The summed E-state index contributed by atoms with van der Waals surface area (Å²) in [5.41, 5.74) is 5.74. The van der Waals surface area contributed by atoms with Gasteiger partial charge in [-0.05, 0) is 48.1 Å². The van der Waals surface area contributed by atoms with E-state index >= 15 is 0 Å². The maximum absolute atomic E-state index is 12.9. The van der Waals surface area contributed by atoms with Crippen LogP contribution in [0.15, 0.2) is 35.1 Å². The third-order valence-corrected chi connectivity index (χ3v) is 7.18. The van der Waals surface area contributed by atoms with Crippen molar-refractivity contribution >= 4 is 17.3 Å². The van der Waals surface area contributed by atoms with E-state index in [0.717, 1.165) is 41.8 Å². The second-order valence-corrected chi connectivity index (χ2v) is 11.1. The highest BCUT2D eigenvalue weighted by atomic mass is 16.4. The van der Waals surface area contributed by atoms with Crippen LogP contribution in [0.1, 0.15) is 38.3 Å². The number of hydrogen-bond donors (Lipinski definition) is 1. The molecule has 0 unspecified atom stereocenters. The van der Waals surface area contributed by atoms with Crippen molar-refractivity contribution < 1.29 is 9.90 Å². The van der Waals surface area contributed by atoms with Gasteiger partial charge >= 0.3 is 11.8 Å². The molecule has 2 atom stereocenters. The minimum absolute atomic E-state index is 0.0157. The zero-order valence-electron chi connectivity index (χ0n) is 20.6. The number of fused-ring (bicyclic) bond motifs is 3. The zero-order chi connectivity index (χ0) is 24.4. The number of aryl methyl sites for hydroxylation is 2. The van der Waals surface area contributed by atoms with E-state index in [2.05, 4.69) is 50.8 Å². The molecule has 1 aromatic carbocycles. The van der Waals surface area contributed by atoms with Gasteiger partial charge < -0.3 is 10.0 Å². The fourth-order valence-electron chi connectivity index (χ4n) is 5.51. The number of piperazine rings is 1. The van der Waals surface area contributed by atoms with Gasteiger partial charge in [0.1, 0.15) is 0 Å². The Kier molecular flexibility index (Phi) is 5.31. The fraction of sp³-hybridized carbons (Fsp3) is 0.500. The molecular formula is C26H33N5O3. The highest BCUT2D eigenvalue weighted by Crippen LogP contribution is 2.33. The number of imidazole rings is 1. The number of aromatic nitrogens is 3. The molecule has 8 heteroatoms. The van der Waals surface area contributed by atoms with Crippen molar-refractivity contribution in [2.75, 3.05) is 13.1 Å². The Morgan fingerprint density at radius 2 is 1.91 bits per heavy atom. The summed E-state index contributed by atoms with van der Waals surface area (Å²) in [6, 6.07) is 10.9. The Hall–Kier alpha value is -3.13. The van der Waals surface area contributed by atoms with Gasteiger partial charge in [0.15, 0.2) is 5.65 Å². The van der Waals surface area contributed by atoms with Crippen molar-refractivity contribution in [1.82, 2.24) is 23.9 Å². The molecule has 1 amide bonds. The lowest BCUT2D eigenvalue weighted by Gasteiger charge is -2.32. The fourth-order valence-corrected chi connectivity index (χ4v) is 5.51. The van der Waals surface area contributed by atoms with Crippen LogP contribution in [0.2, 0.25) is 0 Å². The predicted molar refractivity (Wildman–Crippen MR) is 132 cm³/mol. The highest BCUT2D eigenvalue weighted by molar-refractivity contribution is 5.77. The van der Waals surface area contributed by atoms with Crippen LogP contribution in [-0.2, 0) is 20.1 Å². The van der Waals surface area contributed by atoms with Crippen LogP contribution >= 0.6 is 0 Å². The predicted octanol–water partition coefficient (Wildman–Crippen LogP) is 3.69. The van der Waals surface area contributed by atoms with Gasteiger partial charge in [0.25, 0.3) is 0 Å². The second-order valence-electron chi connectivity index (χ2n) is 11.1. The summed E-state index contributed by atoms with van der Waals surface area (Å²) in [5.74, 6) is 0. The number of nitrogens with zero attached hydrogens (tertiary/aromatic N) is 5. The Morgan fingerprint density at radius 1 is 1.15 bits per heavy atom. The smallest absolute Gasteiger partial charge is 0.407 e. The summed E-state index contributed by atoms with van der Waals surface area (Å²) in [7, 11) is 1.78. The van der Waals surface area contributed by atoms with Crippen molar-refractivity contribution in [2.45, 2.75) is 59.3 Å². The standard InChI is InChI=1S/C26H33N5O3/c1-16-6-7-17(12-29-13-19-11-18(29)14-30(19)25(33)34)10-20(16)21-8-9-22-23(27-21)28(5)24(32)31(22)15-26(2,3)4/h6-10,18-19H,11-15H2,1-5H3,(H,33,34)/t18-,19-/m1/s1. The van der Waals surface area contributed by atoms with Crippen LogP contribution in [0.3, 0.4) is 0 Å². The maximum Gasteiger partial charge on any atom is 0.407 e. The summed E-state index contributed by atoms with van der Waals surface area (Å²) in [6.07, 6.45) is 0.111. The molecule has 3 aromatic rings. The summed E-state index contributed by atoms with van der Waals surface area (Å²) in [6.45, 7) is 11.3. The molecule has 180 valence electrons. The number of rotatable bonds is 4. The SMILES string of the molecule is Cc1ccc(CN2C[C@H]3C[C@@H]2CN3C(=O)O)cc1-c1ccc2c(n1)n(C)c(=O)n2CC(C)(C)C. The number of likely N-dealkylation sites (tertiary alicyclic amines) is 2. The van der Waals surface area contributed by atoms with Crippen LogP contribution in [0, 0.1) is 12.3 Å². The zero-order valence-corrected chi connectivity index (χ0v) is 20.6. The first-order valence-electron chi connectivity index (χ1n) is 11.9. The lowest BCUT2D eigenvalue weighted by molar-refractivity contribution is 0.100. The second kappa shape index (κ2) is 7.98. The molecule has 2 aromatic heterocycles. The van der Waals surface area contributed by atoms with Crippen LogP contribution in [0.5, 0.6) is 0 Å². The van der Waals surface area contributed by atoms with Crippen LogP contribution < -0.4 is 5.69 Å². The van der Waals surface area contributed by atoms with E-state index in [1.165, 1.54) is 5.56 Å². The largest absolute Gasteiger partial charge is 0.465 e. The molecule has 5 rings (SSSR count). The van der Waals surface area contributed by atoms with E-state index in [9.17, 15) is 14.7 Å². The lowest BCUT2D eigenvalue weighted by Crippen LogP contribution is -2.47. The first kappa shape index (κ1) is 22.7. The Balaban J connectivity index is 1.44. The molecule has 34 heavy (non-hydrogen) atoms. The third kappa shape index (κ3) is 3.90. The van der Waals surface area contributed by atoms with Crippen molar-refractivity contribution in [3.63, 3.8) is 0 Å².